The van der Waals surface area contributed by atoms with E-state index in [0.717, 1.165) is 25.9 Å². The third kappa shape index (κ3) is 3.08. The van der Waals surface area contributed by atoms with Gasteiger partial charge in [-0.2, -0.15) is 5.10 Å². The Balaban J connectivity index is 1.83. The van der Waals surface area contributed by atoms with Gasteiger partial charge >= 0.3 is 0 Å². The van der Waals surface area contributed by atoms with E-state index < -0.39 is 10.0 Å². The van der Waals surface area contributed by atoms with Gasteiger partial charge < -0.3 is 4.90 Å². The van der Waals surface area contributed by atoms with Crippen molar-refractivity contribution in [1.82, 2.24) is 19.7 Å². The first-order valence-corrected chi connectivity index (χ1v) is 9.54. The lowest BCUT2D eigenvalue weighted by atomic mass is 10.4. The maximum atomic E-state index is 12.7. The molecule has 0 radical (unpaired) electrons. The second-order valence-corrected chi connectivity index (χ2v) is 7.51. The van der Waals surface area contributed by atoms with Crippen LogP contribution in [0.15, 0.2) is 17.3 Å². The molecule has 1 N–H and O–H groups in total. The van der Waals surface area contributed by atoms with E-state index in [1.165, 1.54) is 12.4 Å². The molecule has 3 heterocycles. The first-order chi connectivity index (χ1) is 11.4. The number of nitrogens with one attached hydrogen (secondary N) is 1. The number of rotatable bonds is 5. The van der Waals surface area contributed by atoms with Crippen LogP contribution in [0, 0.1) is 13.8 Å². The van der Waals surface area contributed by atoms with Gasteiger partial charge in [-0.15, -0.1) is 0 Å². The van der Waals surface area contributed by atoms with E-state index in [4.69, 9.17) is 0 Å². The van der Waals surface area contributed by atoms with Gasteiger partial charge in [0, 0.05) is 19.6 Å². The lowest BCUT2D eigenvalue weighted by Crippen LogP contribution is -2.21. The normalized spacial score (nSPS) is 15.0. The molecule has 1 aliphatic heterocycles. The van der Waals surface area contributed by atoms with Crippen LogP contribution in [0.2, 0.25) is 0 Å². The van der Waals surface area contributed by atoms with E-state index in [0.29, 0.717) is 29.6 Å². The molecule has 130 valence electrons. The van der Waals surface area contributed by atoms with Gasteiger partial charge in [0.05, 0.1) is 29.5 Å². The molecule has 0 bridgehead atoms. The van der Waals surface area contributed by atoms with Crippen molar-refractivity contribution in [3.63, 3.8) is 0 Å². The van der Waals surface area contributed by atoms with Crippen LogP contribution in [0.5, 0.6) is 0 Å². The fourth-order valence-electron chi connectivity index (χ4n) is 3.04. The Morgan fingerprint density at radius 2 is 1.79 bits per heavy atom. The molecule has 24 heavy (non-hydrogen) atoms. The second-order valence-electron chi connectivity index (χ2n) is 5.89. The monoisotopic (exact) mass is 350 g/mol. The molecule has 0 unspecified atom stereocenters. The van der Waals surface area contributed by atoms with Crippen LogP contribution in [-0.4, -0.2) is 41.3 Å². The van der Waals surface area contributed by atoms with Gasteiger partial charge in [-0.3, -0.25) is 9.40 Å². The molecule has 0 saturated carbocycles. The molecular formula is C15H22N6O2S. The Morgan fingerprint density at radius 1 is 1.17 bits per heavy atom. The number of anilines is 2. The summed E-state index contributed by atoms with van der Waals surface area (Å²) in [6, 6.07) is 0. The van der Waals surface area contributed by atoms with Crippen molar-refractivity contribution >= 4 is 21.7 Å². The molecule has 8 nitrogen and oxygen atoms in total. The van der Waals surface area contributed by atoms with Gasteiger partial charge in [0.1, 0.15) is 4.90 Å². The highest BCUT2D eigenvalue weighted by Gasteiger charge is 2.25. The standard InChI is InChI=1S/C15H22N6O2S/c1-4-21-12(3)14(11(2)18-21)24(22,23)19-13-9-16-15(17-10-13)20-7-5-6-8-20/h9-10,19H,4-8H2,1-3H3. The van der Waals surface area contributed by atoms with Crippen LogP contribution in [0.25, 0.3) is 0 Å². The fraction of sp³-hybridized carbons (Fsp3) is 0.533. The third-order valence-corrected chi connectivity index (χ3v) is 5.80. The summed E-state index contributed by atoms with van der Waals surface area (Å²) >= 11 is 0. The van der Waals surface area contributed by atoms with Crippen molar-refractivity contribution in [2.24, 2.45) is 0 Å². The molecule has 3 rings (SSSR count). The van der Waals surface area contributed by atoms with Crippen LogP contribution in [0.3, 0.4) is 0 Å². The molecule has 0 aliphatic carbocycles. The zero-order valence-electron chi connectivity index (χ0n) is 14.2. The number of sulfonamides is 1. The molecule has 0 spiro atoms. The van der Waals surface area contributed by atoms with Gasteiger partial charge in [0.2, 0.25) is 5.95 Å². The van der Waals surface area contributed by atoms with Crippen molar-refractivity contribution in [2.75, 3.05) is 22.7 Å². The van der Waals surface area contributed by atoms with E-state index in [2.05, 4.69) is 24.7 Å². The van der Waals surface area contributed by atoms with Gasteiger partial charge in [0.25, 0.3) is 10.0 Å². The van der Waals surface area contributed by atoms with E-state index in [9.17, 15) is 8.42 Å². The second kappa shape index (κ2) is 6.39. The Hall–Kier alpha value is -2.16. The largest absolute Gasteiger partial charge is 0.341 e. The first kappa shape index (κ1) is 16.7. The smallest absolute Gasteiger partial charge is 0.265 e. The quantitative estimate of drug-likeness (QED) is 0.882. The van der Waals surface area contributed by atoms with E-state index in [1.807, 2.05) is 6.92 Å². The Kier molecular flexibility index (Phi) is 4.44. The summed E-state index contributed by atoms with van der Waals surface area (Å²) in [5.74, 6) is 0.640. The fourth-order valence-corrected chi connectivity index (χ4v) is 4.48. The number of nitrogens with zero attached hydrogens (tertiary/aromatic N) is 5. The highest BCUT2D eigenvalue weighted by Crippen LogP contribution is 2.23. The molecule has 1 saturated heterocycles. The summed E-state index contributed by atoms with van der Waals surface area (Å²) in [6.07, 6.45) is 5.29. The number of aromatic nitrogens is 4. The minimum Gasteiger partial charge on any atom is -0.341 e. The maximum Gasteiger partial charge on any atom is 0.265 e. The molecule has 0 amide bonds. The summed E-state index contributed by atoms with van der Waals surface area (Å²) in [7, 11) is -3.72. The summed E-state index contributed by atoms with van der Waals surface area (Å²) in [6.45, 7) is 7.88. The molecule has 2 aromatic rings. The topological polar surface area (TPSA) is 93.0 Å². The average molecular weight is 350 g/mol. The summed E-state index contributed by atoms with van der Waals surface area (Å²) < 4.78 is 29.6. The van der Waals surface area contributed by atoms with Gasteiger partial charge in [-0.05, 0) is 33.6 Å². The summed E-state index contributed by atoms with van der Waals surface area (Å²) in [5.41, 5.74) is 1.45. The van der Waals surface area contributed by atoms with Gasteiger partial charge in [-0.25, -0.2) is 18.4 Å². The molecular weight excluding hydrogens is 328 g/mol. The van der Waals surface area contributed by atoms with Crippen molar-refractivity contribution in [3.8, 4) is 0 Å². The SMILES string of the molecule is CCn1nc(C)c(S(=O)(=O)Nc2cnc(N3CCCC3)nc2)c1C. The van der Waals surface area contributed by atoms with Gasteiger partial charge in [0.15, 0.2) is 0 Å². The van der Waals surface area contributed by atoms with Crippen LogP contribution in [0.4, 0.5) is 11.6 Å². The van der Waals surface area contributed by atoms with Crippen LogP contribution < -0.4 is 9.62 Å². The molecule has 0 aromatic carbocycles. The van der Waals surface area contributed by atoms with Crippen LogP contribution >= 0.6 is 0 Å². The molecule has 1 fully saturated rings. The predicted molar refractivity (Wildman–Crippen MR) is 91.7 cm³/mol. The van der Waals surface area contributed by atoms with Crippen molar-refractivity contribution in [3.05, 3.63) is 23.8 Å². The first-order valence-electron chi connectivity index (χ1n) is 8.06. The van der Waals surface area contributed by atoms with Crippen molar-refractivity contribution in [2.45, 2.75) is 45.1 Å². The maximum absolute atomic E-state index is 12.7. The molecule has 9 heteroatoms. The Morgan fingerprint density at radius 3 is 2.33 bits per heavy atom. The van der Waals surface area contributed by atoms with E-state index in [-0.39, 0.29) is 4.90 Å². The van der Waals surface area contributed by atoms with E-state index in [1.54, 1.807) is 18.5 Å². The summed E-state index contributed by atoms with van der Waals surface area (Å²) in [5, 5.41) is 4.26. The number of aryl methyl sites for hydroxylation is 2. The number of hydrogen-bond acceptors (Lipinski definition) is 6. The lowest BCUT2D eigenvalue weighted by Gasteiger charge is -2.15. The van der Waals surface area contributed by atoms with Crippen LogP contribution in [0.1, 0.15) is 31.2 Å². The van der Waals surface area contributed by atoms with Crippen molar-refractivity contribution < 1.29 is 8.42 Å². The zero-order valence-corrected chi connectivity index (χ0v) is 15.0. The Labute approximate surface area is 142 Å². The predicted octanol–water partition coefficient (Wildman–Crippen LogP) is 1.71. The average Bonchev–Trinajstić information content (AvgIpc) is 3.15. The zero-order chi connectivity index (χ0) is 17.3. The minimum absolute atomic E-state index is 0.216. The van der Waals surface area contributed by atoms with E-state index >= 15 is 0 Å². The Bertz CT molecular complexity index is 822. The third-order valence-electron chi connectivity index (χ3n) is 4.16. The lowest BCUT2D eigenvalue weighted by molar-refractivity contribution is 0.598. The molecule has 0 atom stereocenters. The molecule has 1 aliphatic rings. The number of hydrogen-bond donors (Lipinski definition) is 1. The highest BCUT2D eigenvalue weighted by molar-refractivity contribution is 7.92. The highest BCUT2D eigenvalue weighted by atomic mass is 32.2. The van der Waals surface area contributed by atoms with Crippen LogP contribution in [-0.2, 0) is 16.6 Å². The van der Waals surface area contributed by atoms with Gasteiger partial charge in [-0.1, -0.05) is 0 Å². The van der Waals surface area contributed by atoms with Crippen molar-refractivity contribution in [1.29, 1.82) is 0 Å². The molecule has 2 aromatic heterocycles. The summed E-state index contributed by atoms with van der Waals surface area (Å²) in [4.78, 5) is 10.9. The minimum atomic E-state index is -3.72.